The fourth-order valence-electron chi connectivity index (χ4n) is 1.69. The van der Waals surface area contributed by atoms with Gasteiger partial charge in [0, 0.05) is 12.1 Å². The fraction of sp³-hybridized carbons (Fsp3) is 0.500. The Morgan fingerprint density at radius 3 is 2.47 bits per heavy atom. The van der Waals surface area contributed by atoms with Crippen LogP contribution in [0.4, 0.5) is 5.69 Å². The minimum absolute atomic E-state index is 0.194. The lowest BCUT2D eigenvalue weighted by Gasteiger charge is -2.09. The van der Waals surface area contributed by atoms with Crippen LogP contribution in [0.2, 0.25) is 0 Å². The first-order valence-electron chi connectivity index (χ1n) is 5.30. The van der Waals surface area contributed by atoms with Gasteiger partial charge in [-0.25, -0.2) is 0 Å². The molecule has 0 aliphatic carbocycles. The Balaban J connectivity index is 3.03. The van der Waals surface area contributed by atoms with Crippen molar-refractivity contribution in [1.29, 1.82) is 0 Å². The monoisotopic (exact) mass is 207 g/mol. The average molecular weight is 207 g/mol. The lowest BCUT2D eigenvalue weighted by Crippen LogP contribution is -2.00. The van der Waals surface area contributed by atoms with Crippen molar-refractivity contribution in [2.45, 2.75) is 33.6 Å². The zero-order valence-corrected chi connectivity index (χ0v) is 9.49. The quantitative estimate of drug-likeness (QED) is 0.561. The van der Waals surface area contributed by atoms with Crippen molar-refractivity contribution in [3.63, 3.8) is 0 Å². The standard InChI is InChI=1S/C12H17NO2/c1-4-10-8-12(13(14)15)6-5-11(10)7-9(2)3/h5-6,8-9H,4,7H2,1-3H3. The molecule has 0 bridgehead atoms. The molecule has 3 nitrogen and oxygen atoms in total. The lowest BCUT2D eigenvalue weighted by molar-refractivity contribution is -0.384. The van der Waals surface area contributed by atoms with Gasteiger partial charge in [-0.05, 0) is 29.9 Å². The maximum absolute atomic E-state index is 10.6. The highest BCUT2D eigenvalue weighted by Gasteiger charge is 2.10. The van der Waals surface area contributed by atoms with Crippen molar-refractivity contribution in [2.24, 2.45) is 5.92 Å². The summed E-state index contributed by atoms with van der Waals surface area (Å²) in [6.45, 7) is 6.34. The van der Waals surface area contributed by atoms with Crippen LogP contribution in [-0.2, 0) is 12.8 Å². The largest absolute Gasteiger partial charge is 0.269 e. The molecule has 0 aliphatic rings. The second-order valence-electron chi connectivity index (χ2n) is 4.16. The van der Waals surface area contributed by atoms with Gasteiger partial charge in [-0.15, -0.1) is 0 Å². The Hall–Kier alpha value is -1.38. The summed E-state index contributed by atoms with van der Waals surface area (Å²) in [5, 5.41) is 10.6. The highest BCUT2D eigenvalue weighted by molar-refractivity contribution is 5.40. The third-order valence-corrected chi connectivity index (χ3v) is 2.41. The Bertz CT molecular complexity index is 359. The fourth-order valence-corrected chi connectivity index (χ4v) is 1.69. The second kappa shape index (κ2) is 4.91. The molecule has 1 rings (SSSR count). The van der Waals surface area contributed by atoms with Gasteiger partial charge < -0.3 is 0 Å². The molecule has 0 unspecified atom stereocenters. The molecule has 0 spiro atoms. The molecule has 0 heterocycles. The SMILES string of the molecule is CCc1cc([N+](=O)[O-])ccc1CC(C)C. The van der Waals surface area contributed by atoms with E-state index in [1.54, 1.807) is 12.1 Å². The zero-order chi connectivity index (χ0) is 11.4. The van der Waals surface area contributed by atoms with Crippen molar-refractivity contribution in [3.8, 4) is 0 Å². The van der Waals surface area contributed by atoms with E-state index in [1.807, 2.05) is 13.0 Å². The third-order valence-electron chi connectivity index (χ3n) is 2.41. The summed E-state index contributed by atoms with van der Waals surface area (Å²) in [6.07, 6.45) is 1.84. The van der Waals surface area contributed by atoms with Crippen LogP contribution in [0.25, 0.3) is 0 Å². The van der Waals surface area contributed by atoms with E-state index in [9.17, 15) is 10.1 Å². The summed E-state index contributed by atoms with van der Waals surface area (Å²) in [5.74, 6) is 0.580. The van der Waals surface area contributed by atoms with Crippen molar-refractivity contribution < 1.29 is 4.92 Å². The van der Waals surface area contributed by atoms with E-state index in [2.05, 4.69) is 13.8 Å². The van der Waals surface area contributed by atoms with Gasteiger partial charge in [0.1, 0.15) is 0 Å². The number of nitro groups is 1. The second-order valence-corrected chi connectivity index (χ2v) is 4.16. The van der Waals surface area contributed by atoms with E-state index >= 15 is 0 Å². The zero-order valence-electron chi connectivity index (χ0n) is 9.49. The predicted molar refractivity (Wildman–Crippen MR) is 61.0 cm³/mol. The normalized spacial score (nSPS) is 10.7. The van der Waals surface area contributed by atoms with Gasteiger partial charge in [0.15, 0.2) is 0 Å². The van der Waals surface area contributed by atoms with Crippen LogP contribution in [0.5, 0.6) is 0 Å². The summed E-state index contributed by atoms with van der Waals surface area (Å²) in [6, 6.07) is 5.17. The summed E-state index contributed by atoms with van der Waals surface area (Å²) in [4.78, 5) is 10.3. The first-order chi connectivity index (χ1) is 7.04. The van der Waals surface area contributed by atoms with Crippen LogP contribution in [-0.4, -0.2) is 4.92 Å². The van der Waals surface area contributed by atoms with Crippen LogP contribution in [0.15, 0.2) is 18.2 Å². The molecule has 3 heteroatoms. The summed E-state index contributed by atoms with van der Waals surface area (Å²) in [5.41, 5.74) is 2.52. The molecule has 0 saturated carbocycles. The number of hydrogen-bond acceptors (Lipinski definition) is 2. The minimum Gasteiger partial charge on any atom is -0.258 e. The molecule has 0 radical (unpaired) electrons. The number of nitro benzene ring substituents is 1. The Morgan fingerprint density at radius 2 is 2.00 bits per heavy atom. The molecule has 0 aliphatic heterocycles. The van der Waals surface area contributed by atoms with E-state index in [0.29, 0.717) is 5.92 Å². The molecule has 15 heavy (non-hydrogen) atoms. The molecular weight excluding hydrogens is 190 g/mol. The summed E-state index contributed by atoms with van der Waals surface area (Å²) >= 11 is 0. The average Bonchev–Trinajstić information content (AvgIpc) is 2.17. The Morgan fingerprint density at radius 1 is 1.33 bits per heavy atom. The smallest absolute Gasteiger partial charge is 0.258 e. The number of hydrogen-bond donors (Lipinski definition) is 0. The van der Waals surface area contributed by atoms with Crippen LogP contribution in [0.3, 0.4) is 0 Å². The van der Waals surface area contributed by atoms with E-state index in [-0.39, 0.29) is 10.6 Å². The van der Waals surface area contributed by atoms with Gasteiger partial charge in [0.2, 0.25) is 0 Å². The molecule has 1 aromatic rings. The minimum atomic E-state index is -0.335. The summed E-state index contributed by atoms with van der Waals surface area (Å²) in [7, 11) is 0. The Labute approximate surface area is 90.3 Å². The number of rotatable bonds is 4. The molecule has 0 N–H and O–H groups in total. The molecule has 0 saturated heterocycles. The van der Waals surface area contributed by atoms with Gasteiger partial charge in [0.25, 0.3) is 5.69 Å². The van der Waals surface area contributed by atoms with E-state index < -0.39 is 0 Å². The van der Waals surface area contributed by atoms with Gasteiger partial charge in [-0.3, -0.25) is 10.1 Å². The maximum atomic E-state index is 10.6. The molecule has 0 aromatic heterocycles. The van der Waals surface area contributed by atoms with Crippen LogP contribution < -0.4 is 0 Å². The highest BCUT2D eigenvalue weighted by atomic mass is 16.6. The van der Waals surface area contributed by atoms with Gasteiger partial charge in [-0.2, -0.15) is 0 Å². The molecule has 1 aromatic carbocycles. The van der Waals surface area contributed by atoms with Gasteiger partial charge in [-0.1, -0.05) is 26.8 Å². The van der Waals surface area contributed by atoms with E-state index in [4.69, 9.17) is 0 Å². The number of benzene rings is 1. The van der Waals surface area contributed by atoms with E-state index in [0.717, 1.165) is 18.4 Å². The maximum Gasteiger partial charge on any atom is 0.269 e. The van der Waals surface area contributed by atoms with Gasteiger partial charge >= 0.3 is 0 Å². The van der Waals surface area contributed by atoms with Crippen LogP contribution >= 0.6 is 0 Å². The van der Waals surface area contributed by atoms with Crippen molar-refractivity contribution in [1.82, 2.24) is 0 Å². The molecule has 0 amide bonds. The summed E-state index contributed by atoms with van der Waals surface area (Å²) < 4.78 is 0. The van der Waals surface area contributed by atoms with Crippen LogP contribution in [0, 0.1) is 16.0 Å². The number of non-ortho nitro benzene ring substituents is 1. The van der Waals surface area contributed by atoms with Gasteiger partial charge in [0.05, 0.1) is 4.92 Å². The molecule has 0 fully saturated rings. The third kappa shape index (κ3) is 3.05. The first kappa shape index (κ1) is 11.7. The van der Waals surface area contributed by atoms with E-state index in [1.165, 1.54) is 5.56 Å². The Kier molecular flexibility index (Phi) is 3.83. The molecular formula is C12H17NO2. The van der Waals surface area contributed by atoms with Crippen molar-refractivity contribution in [2.75, 3.05) is 0 Å². The van der Waals surface area contributed by atoms with Crippen molar-refractivity contribution in [3.05, 3.63) is 39.4 Å². The number of nitrogens with zero attached hydrogens (tertiary/aromatic N) is 1. The molecule has 0 atom stereocenters. The lowest BCUT2D eigenvalue weighted by atomic mass is 9.96. The molecule has 82 valence electrons. The highest BCUT2D eigenvalue weighted by Crippen LogP contribution is 2.20. The van der Waals surface area contributed by atoms with Crippen molar-refractivity contribution >= 4 is 5.69 Å². The predicted octanol–water partition coefficient (Wildman–Crippen LogP) is 3.36. The first-order valence-corrected chi connectivity index (χ1v) is 5.30. The number of aryl methyl sites for hydroxylation is 1. The van der Waals surface area contributed by atoms with Crippen LogP contribution in [0.1, 0.15) is 31.9 Å². The topological polar surface area (TPSA) is 43.1 Å².